The van der Waals surface area contributed by atoms with E-state index in [1.807, 2.05) is 7.05 Å². The fourth-order valence-corrected chi connectivity index (χ4v) is 2.59. The molecule has 0 unspecified atom stereocenters. The highest BCUT2D eigenvalue weighted by molar-refractivity contribution is 7.99. The van der Waals surface area contributed by atoms with Gasteiger partial charge in [-0.25, -0.2) is 4.68 Å². The predicted molar refractivity (Wildman–Crippen MR) is 55.1 cm³/mol. The first kappa shape index (κ1) is 9.92. The fraction of sp³-hybridized carbons (Fsp3) is 0.875. The molecule has 2 heterocycles. The van der Waals surface area contributed by atoms with Gasteiger partial charge in [-0.3, -0.25) is 0 Å². The number of aryl methyl sites for hydroxylation is 1. The Morgan fingerprint density at radius 3 is 3.21 bits per heavy atom. The Kier molecular flexibility index (Phi) is 3.36. The molecule has 0 radical (unpaired) electrons. The Bertz CT molecular complexity index is 281. The molecule has 0 amide bonds. The van der Waals surface area contributed by atoms with Gasteiger partial charge >= 0.3 is 0 Å². The normalized spacial score (nSPS) is 22.5. The van der Waals surface area contributed by atoms with E-state index < -0.39 is 0 Å². The van der Waals surface area contributed by atoms with Crippen LogP contribution in [-0.2, 0) is 7.05 Å². The second kappa shape index (κ2) is 4.75. The van der Waals surface area contributed by atoms with Crippen LogP contribution in [0.1, 0.15) is 12.8 Å². The predicted octanol–water partition coefficient (Wildman–Crippen LogP) is 0.302. The van der Waals surface area contributed by atoms with Crippen molar-refractivity contribution in [2.24, 2.45) is 13.0 Å². The third kappa shape index (κ3) is 2.45. The van der Waals surface area contributed by atoms with Gasteiger partial charge in [-0.15, -0.1) is 5.10 Å². The molecule has 1 aromatic rings. The molecule has 1 N–H and O–H groups in total. The maximum Gasteiger partial charge on any atom is 0.209 e. The molecule has 1 aliphatic heterocycles. The summed E-state index contributed by atoms with van der Waals surface area (Å²) in [6, 6.07) is 0. The first-order valence-electron chi connectivity index (χ1n) is 4.92. The first-order valence-corrected chi connectivity index (χ1v) is 5.90. The lowest BCUT2D eigenvalue weighted by molar-refractivity contribution is 0.410. The van der Waals surface area contributed by atoms with E-state index in [4.69, 9.17) is 0 Å². The molecule has 5 nitrogen and oxygen atoms in total. The van der Waals surface area contributed by atoms with E-state index in [1.165, 1.54) is 19.4 Å². The van der Waals surface area contributed by atoms with Gasteiger partial charge in [0.25, 0.3) is 0 Å². The quantitative estimate of drug-likeness (QED) is 0.732. The second-order valence-corrected chi connectivity index (χ2v) is 4.60. The van der Waals surface area contributed by atoms with Gasteiger partial charge in [-0.2, -0.15) is 0 Å². The minimum absolute atomic E-state index is 0.769. The molecule has 14 heavy (non-hydrogen) atoms. The number of nitrogens with one attached hydrogen (secondary N) is 1. The zero-order valence-electron chi connectivity index (χ0n) is 8.31. The van der Waals surface area contributed by atoms with Gasteiger partial charge in [0.05, 0.1) is 0 Å². The Morgan fingerprint density at radius 1 is 1.64 bits per heavy atom. The molecule has 0 bridgehead atoms. The van der Waals surface area contributed by atoms with Crippen molar-refractivity contribution in [2.45, 2.75) is 18.0 Å². The smallest absolute Gasteiger partial charge is 0.209 e. The average molecular weight is 213 g/mol. The molecule has 6 heteroatoms. The number of hydrogen-bond acceptors (Lipinski definition) is 5. The molecular formula is C8H15N5S. The van der Waals surface area contributed by atoms with Crippen molar-refractivity contribution in [1.29, 1.82) is 0 Å². The van der Waals surface area contributed by atoms with Gasteiger partial charge in [0.15, 0.2) is 0 Å². The van der Waals surface area contributed by atoms with Crippen LogP contribution in [0, 0.1) is 5.92 Å². The van der Waals surface area contributed by atoms with Gasteiger partial charge in [0, 0.05) is 12.8 Å². The summed E-state index contributed by atoms with van der Waals surface area (Å²) in [5.74, 6) is 1.88. The van der Waals surface area contributed by atoms with Gasteiger partial charge in [-0.05, 0) is 42.3 Å². The van der Waals surface area contributed by atoms with Gasteiger partial charge in [-0.1, -0.05) is 11.8 Å². The summed E-state index contributed by atoms with van der Waals surface area (Å²) in [4.78, 5) is 0. The number of aromatic nitrogens is 4. The van der Waals surface area contributed by atoms with Gasteiger partial charge < -0.3 is 5.32 Å². The van der Waals surface area contributed by atoms with Crippen molar-refractivity contribution in [3.05, 3.63) is 0 Å². The lowest BCUT2D eigenvalue weighted by atomic mass is 10.0. The summed E-state index contributed by atoms with van der Waals surface area (Å²) >= 11 is 1.75. The summed E-state index contributed by atoms with van der Waals surface area (Å²) < 4.78 is 1.72. The zero-order chi connectivity index (χ0) is 9.80. The zero-order valence-corrected chi connectivity index (χ0v) is 9.13. The lowest BCUT2D eigenvalue weighted by Gasteiger charge is -2.21. The molecular weight excluding hydrogens is 198 g/mol. The Labute approximate surface area is 87.6 Å². The van der Waals surface area contributed by atoms with E-state index in [2.05, 4.69) is 20.8 Å². The highest BCUT2D eigenvalue weighted by Gasteiger charge is 2.14. The maximum absolute atomic E-state index is 3.94. The molecule has 78 valence electrons. The molecule has 1 aromatic heterocycles. The Morgan fingerprint density at radius 2 is 2.57 bits per heavy atom. The molecule has 1 aliphatic rings. The van der Waals surface area contributed by atoms with Gasteiger partial charge in [0.2, 0.25) is 5.16 Å². The van der Waals surface area contributed by atoms with Crippen LogP contribution in [0.5, 0.6) is 0 Å². The number of tetrazole rings is 1. The van der Waals surface area contributed by atoms with Crippen molar-refractivity contribution in [3.63, 3.8) is 0 Å². The molecule has 0 saturated carbocycles. The topological polar surface area (TPSA) is 55.6 Å². The highest BCUT2D eigenvalue weighted by atomic mass is 32.2. The highest BCUT2D eigenvalue weighted by Crippen LogP contribution is 2.20. The lowest BCUT2D eigenvalue weighted by Crippen LogP contribution is -2.30. The van der Waals surface area contributed by atoms with Crippen molar-refractivity contribution in [3.8, 4) is 0 Å². The van der Waals surface area contributed by atoms with Crippen LogP contribution < -0.4 is 5.32 Å². The van der Waals surface area contributed by atoms with Crippen LogP contribution in [0.25, 0.3) is 0 Å². The Hall–Kier alpha value is -0.620. The standard InChI is InChI=1S/C8H15N5S/c1-13-8(10-11-12-13)14-6-7-3-2-4-9-5-7/h7,9H,2-6H2,1H3/t7-/m1/s1. The van der Waals surface area contributed by atoms with Crippen LogP contribution in [0.4, 0.5) is 0 Å². The molecule has 2 rings (SSSR count). The number of nitrogens with zero attached hydrogens (tertiary/aromatic N) is 4. The number of piperidine rings is 1. The fourth-order valence-electron chi connectivity index (χ4n) is 1.60. The summed E-state index contributed by atoms with van der Waals surface area (Å²) in [7, 11) is 1.88. The monoisotopic (exact) mass is 213 g/mol. The molecule has 0 aromatic carbocycles. The minimum Gasteiger partial charge on any atom is -0.316 e. The van der Waals surface area contributed by atoms with E-state index >= 15 is 0 Å². The van der Waals surface area contributed by atoms with Crippen LogP contribution in [-0.4, -0.2) is 39.0 Å². The third-order valence-corrected chi connectivity index (χ3v) is 3.67. The van der Waals surface area contributed by atoms with Crippen molar-refractivity contribution in [1.82, 2.24) is 25.5 Å². The van der Waals surface area contributed by atoms with E-state index in [0.717, 1.165) is 23.4 Å². The second-order valence-electron chi connectivity index (χ2n) is 3.61. The number of rotatable bonds is 3. The minimum atomic E-state index is 0.769. The van der Waals surface area contributed by atoms with E-state index in [1.54, 1.807) is 16.4 Å². The van der Waals surface area contributed by atoms with E-state index in [9.17, 15) is 0 Å². The molecule has 1 fully saturated rings. The summed E-state index contributed by atoms with van der Waals surface area (Å²) in [5.41, 5.74) is 0. The summed E-state index contributed by atoms with van der Waals surface area (Å²) in [6.45, 7) is 2.31. The largest absolute Gasteiger partial charge is 0.316 e. The van der Waals surface area contributed by atoms with E-state index in [-0.39, 0.29) is 0 Å². The van der Waals surface area contributed by atoms with Crippen LogP contribution in [0.15, 0.2) is 5.16 Å². The van der Waals surface area contributed by atoms with Crippen LogP contribution in [0.2, 0.25) is 0 Å². The molecule has 0 aliphatic carbocycles. The van der Waals surface area contributed by atoms with E-state index in [0.29, 0.717) is 0 Å². The summed E-state index contributed by atoms with van der Waals surface area (Å²) in [5, 5.41) is 15.7. The Balaban J connectivity index is 1.79. The molecule has 0 spiro atoms. The average Bonchev–Trinajstić information content (AvgIpc) is 2.63. The molecule has 1 atom stereocenters. The third-order valence-electron chi connectivity index (χ3n) is 2.43. The van der Waals surface area contributed by atoms with Crippen molar-refractivity contribution < 1.29 is 0 Å². The SMILES string of the molecule is Cn1nnnc1SC[C@@H]1CCCNC1. The van der Waals surface area contributed by atoms with Gasteiger partial charge in [0.1, 0.15) is 0 Å². The summed E-state index contributed by atoms with van der Waals surface area (Å²) in [6.07, 6.45) is 2.62. The van der Waals surface area contributed by atoms with Crippen molar-refractivity contribution in [2.75, 3.05) is 18.8 Å². The van der Waals surface area contributed by atoms with Crippen LogP contribution in [0.3, 0.4) is 0 Å². The number of hydrogen-bond donors (Lipinski definition) is 1. The maximum atomic E-state index is 3.94. The van der Waals surface area contributed by atoms with Crippen molar-refractivity contribution >= 4 is 11.8 Å². The molecule has 1 saturated heterocycles. The van der Waals surface area contributed by atoms with Crippen LogP contribution >= 0.6 is 11.8 Å². The number of thioether (sulfide) groups is 1. The first-order chi connectivity index (χ1) is 6.86.